The summed E-state index contributed by atoms with van der Waals surface area (Å²) in [6.45, 7) is -8.51. The summed E-state index contributed by atoms with van der Waals surface area (Å²) in [6.07, 6.45) is -104. The van der Waals surface area contributed by atoms with Gasteiger partial charge in [0.25, 0.3) is 0 Å². The van der Waals surface area contributed by atoms with Gasteiger partial charge in [-0.3, -0.25) is 4.79 Å². The van der Waals surface area contributed by atoms with Crippen molar-refractivity contribution in [2.45, 2.75) is 321 Å². The molecule has 0 radical (unpaired) electrons. The fraction of sp³-hybridized carbons (Fsp3) is 0.984. The Hall–Kier alpha value is -2.49. The molecule has 10 aliphatic heterocycles. The van der Waals surface area contributed by atoms with Crippen LogP contribution in [0.3, 0.4) is 0 Å². The molecule has 0 saturated carbocycles. The number of nitrogens with one attached hydrogen (secondary N) is 1. The number of rotatable bonds is 29. The zero-order valence-corrected chi connectivity index (χ0v) is 60.5. The van der Waals surface area contributed by atoms with Crippen LogP contribution in [-0.2, 0) is 94.8 Å². The van der Waals surface area contributed by atoms with Crippen LogP contribution in [0.2, 0.25) is 0 Å². The van der Waals surface area contributed by atoms with E-state index in [9.17, 15) is 158 Å². The molecule has 10 saturated heterocycles. The normalized spacial score (nSPS) is 52.6. The zero-order chi connectivity index (χ0) is 83.7. The Morgan fingerprint density at radius 3 is 0.798 bits per heavy atom. The molecule has 51 heteroatoms. The molecule has 0 spiro atoms. The molecule has 10 rings (SSSR count). The van der Waals surface area contributed by atoms with Crippen molar-refractivity contribution >= 4 is 5.91 Å². The van der Waals surface area contributed by atoms with E-state index in [2.05, 4.69) is 5.32 Å². The van der Waals surface area contributed by atoms with Gasteiger partial charge in [0.2, 0.25) is 5.91 Å². The van der Waals surface area contributed by atoms with Gasteiger partial charge in [0.1, 0.15) is 238 Å². The second kappa shape index (κ2) is 40.7. The molecule has 25 unspecified atom stereocenters. The van der Waals surface area contributed by atoms with Crippen LogP contribution in [0.4, 0.5) is 0 Å². The van der Waals surface area contributed by atoms with Crippen LogP contribution >= 0.6 is 0 Å². The molecule has 0 aromatic heterocycles. The topological polar surface area (TPSA) is 811 Å². The molecule has 114 heavy (non-hydrogen) atoms. The Kier molecular flexibility index (Phi) is 33.5. The monoisotopic (exact) mass is 1680 g/mol. The number of hydrogen-bond donors (Lipinski definition) is 31. The largest absolute Gasteiger partial charge is 0.394 e. The van der Waals surface area contributed by atoms with Gasteiger partial charge in [0.05, 0.1) is 78.2 Å². The maximum atomic E-state index is 12.6. The van der Waals surface area contributed by atoms with Gasteiger partial charge in [0, 0.05) is 6.92 Å². The summed E-state index contributed by atoms with van der Waals surface area (Å²) >= 11 is 0. The Labute approximate surface area is 644 Å². The van der Waals surface area contributed by atoms with Gasteiger partial charge in [-0.1, -0.05) is 0 Å². The first-order chi connectivity index (χ1) is 54.0. The molecule has 664 valence electrons. The van der Waals surface area contributed by atoms with E-state index < -0.39 is 379 Å². The van der Waals surface area contributed by atoms with E-state index in [0.29, 0.717) is 0 Å². The molecule has 10 heterocycles. The quantitative estimate of drug-likeness (QED) is 0.0331. The van der Waals surface area contributed by atoms with Gasteiger partial charge in [-0.05, 0) is 6.92 Å². The average molecular weight is 1680 g/mol. The molecule has 0 aromatic rings. The fourth-order valence-electron chi connectivity index (χ4n) is 14.8. The summed E-state index contributed by atoms with van der Waals surface area (Å²) in [5.41, 5.74) is 0. The summed E-state index contributed by atoms with van der Waals surface area (Å²) in [5, 5.41) is 334. The van der Waals surface area contributed by atoms with E-state index in [1.54, 1.807) is 0 Å². The smallest absolute Gasteiger partial charge is 0.217 e. The maximum Gasteiger partial charge on any atom is 0.217 e. The summed E-state index contributed by atoms with van der Waals surface area (Å²) < 4.78 is 112. The Morgan fingerprint density at radius 2 is 0.474 bits per heavy atom. The average Bonchev–Trinajstić information content (AvgIpc) is 0.725. The Morgan fingerprint density at radius 1 is 0.237 bits per heavy atom. The van der Waals surface area contributed by atoms with E-state index >= 15 is 0 Å². The zero-order valence-electron chi connectivity index (χ0n) is 60.5. The number of carbonyl (C=O) groups is 1. The van der Waals surface area contributed by atoms with Crippen LogP contribution in [0.1, 0.15) is 13.8 Å². The molecule has 10 aliphatic rings. The van der Waals surface area contributed by atoms with Crippen molar-refractivity contribution in [2.75, 3.05) is 66.1 Å². The highest BCUT2D eigenvalue weighted by molar-refractivity contribution is 5.73. The molecule has 0 aliphatic carbocycles. The van der Waals surface area contributed by atoms with E-state index in [1.165, 1.54) is 6.92 Å². The highest BCUT2D eigenvalue weighted by Crippen LogP contribution is 2.41. The van der Waals surface area contributed by atoms with Gasteiger partial charge < -0.3 is 249 Å². The lowest BCUT2D eigenvalue weighted by Gasteiger charge is -2.50. The summed E-state index contributed by atoms with van der Waals surface area (Å²) in [6, 6.07) is -1.37. The molecule has 0 bridgehead atoms. The highest BCUT2D eigenvalue weighted by Gasteiger charge is 2.61. The molecular formula is C63H107NO50. The lowest BCUT2D eigenvalue weighted by molar-refractivity contribution is -0.407. The molecule has 0 aromatic carbocycles. The number of ether oxygens (including phenoxy) is 19. The molecule has 50 atom stereocenters. The second-order valence-corrected chi connectivity index (χ2v) is 29.1. The van der Waals surface area contributed by atoms with Crippen LogP contribution < -0.4 is 5.32 Å². The van der Waals surface area contributed by atoms with E-state index in [1.807, 2.05) is 0 Å². The SMILES string of the molecule is CC(=O)N[C@@H]1C(C)OC(CO)[C@@H](OC2OC(COC3OC(COC4OC(CO)[C@@H](O)[C@H](O)[C@H]4OC4OC(CO)[C@@H](O)[C@H](O)[C@H]4O)[C@@H](O)[C@H](OC4O[C@@H](CO)[C@@H](O)C(O)C4OC4O[C@@H](CO)[C@@H](O)C(O)C4O)[C@H]3O)[C@@H](O)[C@H](OC3O[C@@H](CO)[C@@H](O)C(O)C3OC3O[C@@H](CO)[C@@H](O)C(O)C3OC3O[C@@H](CO)[C@@H](O)C(O)C3O)[C@H]2O)[C@@H]1O. The van der Waals surface area contributed by atoms with Crippen molar-refractivity contribution in [1.82, 2.24) is 5.32 Å². The number of aliphatic hydroxyl groups is 30. The van der Waals surface area contributed by atoms with Gasteiger partial charge in [-0.2, -0.15) is 0 Å². The highest BCUT2D eigenvalue weighted by atomic mass is 16.8. The molecule has 1 amide bonds. The summed E-state index contributed by atoms with van der Waals surface area (Å²) in [7, 11) is 0. The van der Waals surface area contributed by atoms with Crippen LogP contribution in [0.15, 0.2) is 0 Å². The van der Waals surface area contributed by atoms with E-state index in [-0.39, 0.29) is 0 Å². The third-order valence-electron chi connectivity index (χ3n) is 21.5. The Bertz CT molecular complexity index is 2910. The maximum absolute atomic E-state index is 12.6. The minimum Gasteiger partial charge on any atom is -0.394 e. The lowest BCUT2D eigenvalue weighted by atomic mass is 9.92. The number of hydrogen-bond acceptors (Lipinski definition) is 50. The van der Waals surface area contributed by atoms with Crippen molar-refractivity contribution in [3.05, 3.63) is 0 Å². The van der Waals surface area contributed by atoms with Crippen LogP contribution in [0.5, 0.6) is 0 Å². The van der Waals surface area contributed by atoms with E-state index in [0.717, 1.165) is 6.92 Å². The fourth-order valence-corrected chi connectivity index (χ4v) is 14.8. The van der Waals surface area contributed by atoms with Crippen molar-refractivity contribution in [3.8, 4) is 0 Å². The molecule has 10 fully saturated rings. The first-order valence-corrected chi connectivity index (χ1v) is 36.5. The van der Waals surface area contributed by atoms with Crippen molar-refractivity contribution < 1.29 is 248 Å². The van der Waals surface area contributed by atoms with Crippen LogP contribution in [0, 0.1) is 0 Å². The molecular weight excluding hydrogens is 1570 g/mol. The predicted molar refractivity (Wildman–Crippen MR) is 345 cm³/mol. The van der Waals surface area contributed by atoms with Gasteiger partial charge in [0.15, 0.2) is 56.6 Å². The number of amides is 1. The third kappa shape index (κ3) is 19.8. The molecule has 51 nitrogen and oxygen atoms in total. The number of aliphatic hydroxyl groups excluding tert-OH is 30. The van der Waals surface area contributed by atoms with Crippen molar-refractivity contribution in [3.63, 3.8) is 0 Å². The minimum absolute atomic E-state index is 0.722. The van der Waals surface area contributed by atoms with Crippen molar-refractivity contribution in [2.24, 2.45) is 0 Å². The number of carbonyl (C=O) groups excluding carboxylic acids is 1. The minimum atomic E-state index is -2.54. The summed E-state index contributed by atoms with van der Waals surface area (Å²) in [5.74, 6) is -0.722. The lowest BCUT2D eigenvalue weighted by Crippen LogP contribution is -2.69. The van der Waals surface area contributed by atoms with Crippen LogP contribution in [0.25, 0.3) is 0 Å². The standard InChI is InChI=1S/C63H107NO50/c1-13-25(64-14(2)73)35(83)48(22(10-72)98-13)108-59-47(95)50(110-62-54(42(90)32(80)20(8-70)104-62)114-63-53(41(89)31(79)21(9-71)105-63)113-58-45(93)38(86)28(76)17(5-67)101-58)34(82)24(107-59)11-96-55-46(94)49(109-61-52(40(88)30(78)19(7-69)103-61)112-57-44(92)37(85)27(75)16(4-66)100-57)33(81)23(106-55)12-97-60-51(39(87)29(77)18(6-68)102-60)111-56-43(91)36(84)26(74)15(3-65)99-56/h13,15-63,65-72,74-95H,3-12H2,1-2H3,(H,64,73)/t13?,15?,16-,17-,18?,19-,20-,21-,22?,23?,24?,25+,26+,27+,28+,29+,30+,31+,32+,33+,34+,35+,36-,37?,38?,39-,40?,41?,42?,43+,44?,45?,46+,47+,48+,49-,50-,51+,52?,53?,54?,55?,56?,57?,58?,59?,60?,61?,62?,63?/m0/s1. The summed E-state index contributed by atoms with van der Waals surface area (Å²) in [4.78, 5) is 12.5. The molecule has 31 N–H and O–H groups in total. The van der Waals surface area contributed by atoms with Gasteiger partial charge in [-0.25, -0.2) is 0 Å². The van der Waals surface area contributed by atoms with Crippen molar-refractivity contribution in [1.29, 1.82) is 0 Å². The van der Waals surface area contributed by atoms with E-state index in [4.69, 9.17) is 90.0 Å². The van der Waals surface area contributed by atoms with Crippen LogP contribution in [-0.4, -0.2) is 532 Å². The van der Waals surface area contributed by atoms with Gasteiger partial charge in [-0.15, -0.1) is 0 Å². The third-order valence-corrected chi connectivity index (χ3v) is 21.5. The Balaban J connectivity index is 0.999. The second-order valence-electron chi connectivity index (χ2n) is 29.1. The first kappa shape index (κ1) is 93.8. The first-order valence-electron chi connectivity index (χ1n) is 36.5. The predicted octanol–water partition coefficient (Wildman–Crippen LogP) is -21.6. The van der Waals surface area contributed by atoms with Gasteiger partial charge >= 0.3 is 0 Å².